The summed E-state index contributed by atoms with van der Waals surface area (Å²) in [6.07, 6.45) is 2.63. The highest BCUT2D eigenvalue weighted by Crippen LogP contribution is 2.38. The number of ether oxygens (including phenoxy) is 1. The predicted molar refractivity (Wildman–Crippen MR) is 195 cm³/mol. The first-order valence-electron chi connectivity index (χ1n) is 17.2. The number of anilines is 3. The van der Waals surface area contributed by atoms with E-state index in [9.17, 15) is 24.0 Å². The van der Waals surface area contributed by atoms with Gasteiger partial charge in [-0.15, -0.1) is 11.6 Å². The van der Waals surface area contributed by atoms with E-state index in [1.807, 2.05) is 54.3 Å². The van der Waals surface area contributed by atoms with E-state index in [2.05, 4.69) is 22.0 Å². The van der Waals surface area contributed by atoms with Crippen molar-refractivity contribution < 1.29 is 28.7 Å². The number of fused-ring (bicyclic) bond motifs is 4. The molecule has 50 heavy (non-hydrogen) atoms. The number of carbonyl (C=O) groups excluding carboxylic acids is 5. The Morgan fingerprint density at radius 3 is 2.52 bits per heavy atom. The molecule has 3 aromatic rings. The minimum Gasteiger partial charge on any atom is -0.489 e. The van der Waals surface area contributed by atoms with Crippen molar-refractivity contribution in [2.75, 3.05) is 22.1 Å². The Bertz CT molecular complexity index is 1790. The molecule has 3 amide bonds. The molecule has 0 spiro atoms. The monoisotopic (exact) mass is 700 g/mol. The lowest BCUT2D eigenvalue weighted by Gasteiger charge is -2.22. The number of nitrogens with one attached hydrogen (secondary N) is 3. The molecule has 0 aliphatic carbocycles. The number of ketones is 2. The largest absolute Gasteiger partial charge is 0.489 e. The molecule has 10 nitrogen and oxygen atoms in total. The van der Waals surface area contributed by atoms with Gasteiger partial charge in [0, 0.05) is 55.0 Å². The smallest absolute Gasteiger partial charge is 0.260 e. The van der Waals surface area contributed by atoms with Gasteiger partial charge in [-0.05, 0) is 86.6 Å². The highest BCUT2D eigenvalue weighted by atomic mass is 35.5. The fourth-order valence-electron chi connectivity index (χ4n) is 6.47. The van der Waals surface area contributed by atoms with Crippen LogP contribution < -0.4 is 25.6 Å². The van der Waals surface area contributed by atoms with Gasteiger partial charge >= 0.3 is 0 Å². The van der Waals surface area contributed by atoms with Crippen LogP contribution in [0.3, 0.4) is 0 Å². The molecule has 2 aliphatic heterocycles. The number of halogens is 1. The van der Waals surface area contributed by atoms with Gasteiger partial charge in [-0.2, -0.15) is 0 Å². The van der Waals surface area contributed by atoms with Gasteiger partial charge in [0.1, 0.15) is 18.1 Å². The molecule has 5 rings (SSSR count). The van der Waals surface area contributed by atoms with E-state index < -0.39 is 12.0 Å². The number of aryl methyl sites for hydroxylation is 1. The molecule has 3 N–H and O–H groups in total. The second kappa shape index (κ2) is 16.3. The lowest BCUT2D eigenvalue weighted by atomic mass is 9.99. The Labute approximate surface area is 298 Å². The topological polar surface area (TPSA) is 134 Å². The number of unbranched alkanes of at least 4 members (excludes halogenated alkanes) is 1. The first kappa shape index (κ1) is 36.6. The summed E-state index contributed by atoms with van der Waals surface area (Å²) in [4.78, 5) is 64.8. The summed E-state index contributed by atoms with van der Waals surface area (Å²) in [7, 11) is 0. The average molecular weight is 701 g/mol. The van der Waals surface area contributed by atoms with Crippen LogP contribution in [0.25, 0.3) is 0 Å². The standard InChI is InChI=1S/C39H45ClN4O6/c1-23-13-32-33(41-21-31-18-29-10-6-7-11-34(29)44(31)39(32)49)19-36(23)50-22-28-15-27(20-40)16-30(17-28)43-38(48)24(2)14-35(46)26(4)42-37(47)12-8-5-9-25(3)45/h6-7,10-11,13,15-17,19,24,26,31,41H,5,8-9,12,14,18,20-22H2,1-4H3,(H,42,47)(H,43,48)/t24?,26?,31-/m0/s1. The number of hydrogen-bond acceptors (Lipinski definition) is 7. The number of benzene rings is 3. The zero-order valence-corrected chi connectivity index (χ0v) is 29.8. The SMILES string of the molecule is CC(=O)CCCCC(=O)NC(C)C(=O)CC(C)C(=O)Nc1cc(CCl)cc(COc2cc3c(cc2C)C(=O)N2c4ccccc4C[C@H]2CN3)c1. The van der Waals surface area contributed by atoms with Crippen LogP contribution in [-0.4, -0.2) is 47.9 Å². The summed E-state index contributed by atoms with van der Waals surface area (Å²) in [6, 6.07) is 16.6. The highest BCUT2D eigenvalue weighted by Gasteiger charge is 2.37. The molecule has 2 heterocycles. The minimum absolute atomic E-state index is 0.0302. The number of carbonyl (C=O) groups is 5. The molecule has 0 fully saturated rings. The second-order valence-corrected chi connectivity index (χ2v) is 13.7. The van der Waals surface area contributed by atoms with Gasteiger partial charge < -0.3 is 30.4 Å². The summed E-state index contributed by atoms with van der Waals surface area (Å²) >= 11 is 6.20. The molecule has 0 bridgehead atoms. The number of para-hydroxylation sites is 1. The molecule has 0 saturated heterocycles. The summed E-state index contributed by atoms with van der Waals surface area (Å²) in [5.41, 5.74) is 6.41. The van der Waals surface area contributed by atoms with Gasteiger partial charge in [0.05, 0.1) is 23.3 Å². The van der Waals surface area contributed by atoms with Crippen molar-refractivity contribution in [1.82, 2.24) is 5.32 Å². The number of hydrogen-bond donors (Lipinski definition) is 3. The van der Waals surface area contributed by atoms with Gasteiger partial charge in [0.15, 0.2) is 5.78 Å². The molecule has 0 saturated carbocycles. The van der Waals surface area contributed by atoms with Crippen molar-refractivity contribution in [3.63, 3.8) is 0 Å². The zero-order valence-electron chi connectivity index (χ0n) is 29.1. The molecular weight excluding hydrogens is 656 g/mol. The van der Waals surface area contributed by atoms with Crippen molar-refractivity contribution in [3.05, 3.63) is 82.4 Å². The highest BCUT2D eigenvalue weighted by molar-refractivity contribution is 6.17. The molecule has 3 aromatic carbocycles. The fourth-order valence-corrected chi connectivity index (χ4v) is 6.62. The fraction of sp³-hybridized carbons (Fsp3) is 0.410. The third-order valence-electron chi connectivity index (χ3n) is 9.23. The van der Waals surface area contributed by atoms with E-state index in [0.29, 0.717) is 42.8 Å². The van der Waals surface area contributed by atoms with Crippen molar-refractivity contribution in [2.45, 2.75) is 90.8 Å². The summed E-state index contributed by atoms with van der Waals surface area (Å²) < 4.78 is 6.26. The van der Waals surface area contributed by atoms with E-state index in [1.165, 1.54) is 12.5 Å². The lowest BCUT2D eigenvalue weighted by Crippen LogP contribution is -2.39. The molecular formula is C39H45ClN4O6. The van der Waals surface area contributed by atoms with E-state index in [4.69, 9.17) is 16.3 Å². The normalized spacial score (nSPS) is 15.8. The maximum atomic E-state index is 13.7. The number of amides is 3. The Morgan fingerprint density at radius 1 is 1.02 bits per heavy atom. The van der Waals surface area contributed by atoms with E-state index in [0.717, 1.165) is 34.5 Å². The molecule has 11 heteroatoms. The van der Waals surface area contributed by atoms with Gasteiger partial charge in [-0.1, -0.05) is 31.2 Å². The van der Waals surface area contributed by atoms with E-state index in [1.54, 1.807) is 19.9 Å². The second-order valence-electron chi connectivity index (χ2n) is 13.4. The Kier molecular flexibility index (Phi) is 12.0. The average Bonchev–Trinajstić information content (AvgIpc) is 3.40. The molecule has 0 aromatic heterocycles. The number of rotatable bonds is 15. The predicted octanol–water partition coefficient (Wildman–Crippen LogP) is 6.50. The van der Waals surface area contributed by atoms with Gasteiger partial charge in [-0.25, -0.2) is 0 Å². The number of nitrogens with zero attached hydrogens (tertiary/aromatic N) is 1. The number of alkyl halides is 1. The quantitative estimate of drug-likeness (QED) is 0.122. The van der Waals surface area contributed by atoms with Crippen LogP contribution in [0, 0.1) is 12.8 Å². The molecule has 2 aliphatic rings. The van der Waals surface area contributed by atoms with Crippen LogP contribution in [0.1, 0.15) is 85.5 Å². The summed E-state index contributed by atoms with van der Waals surface area (Å²) in [5, 5.41) is 9.06. The summed E-state index contributed by atoms with van der Waals surface area (Å²) in [6.45, 7) is 7.53. The van der Waals surface area contributed by atoms with Crippen LogP contribution >= 0.6 is 11.6 Å². The Hall–Kier alpha value is -4.70. The molecule has 264 valence electrons. The Balaban J connectivity index is 1.18. The van der Waals surface area contributed by atoms with Gasteiger partial charge in [0.2, 0.25) is 11.8 Å². The maximum Gasteiger partial charge on any atom is 0.260 e. The van der Waals surface area contributed by atoms with Crippen LogP contribution in [-0.2, 0) is 38.1 Å². The maximum absolute atomic E-state index is 13.7. The first-order chi connectivity index (χ1) is 23.9. The molecule has 2 unspecified atom stereocenters. The Morgan fingerprint density at radius 2 is 1.76 bits per heavy atom. The van der Waals surface area contributed by atoms with Crippen molar-refractivity contribution in [1.29, 1.82) is 0 Å². The van der Waals surface area contributed by atoms with Crippen molar-refractivity contribution in [3.8, 4) is 5.75 Å². The molecule has 3 atom stereocenters. The summed E-state index contributed by atoms with van der Waals surface area (Å²) in [5.74, 6) is -0.557. The third kappa shape index (κ3) is 8.90. The first-order valence-corrected chi connectivity index (χ1v) is 17.7. The number of Topliss-reactive ketones (excluding diaryl/α,β-unsaturated/α-hetero) is 2. The third-order valence-corrected chi connectivity index (χ3v) is 9.54. The lowest BCUT2D eigenvalue weighted by molar-refractivity contribution is -0.129. The zero-order chi connectivity index (χ0) is 35.9. The van der Waals surface area contributed by atoms with Crippen molar-refractivity contribution in [2.24, 2.45) is 5.92 Å². The van der Waals surface area contributed by atoms with Crippen LogP contribution in [0.4, 0.5) is 17.1 Å². The molecule has 0 radical (unpaired) electrons. The van der Waals surface area contributed by atoms with Crippen LogP contribution in [0.15, 0.2) is 54.6 Å². The van der Waals surface area contributed by atoms with Gasteiger partial charge in [-0.3, -0.25) is 19.2 Å². The minimum atomic E-state index is -0.729. The van der Waals surface area contributed by atoms with Crippen molar-refractivity contribution >= 4 is 58.0 Å². The van der Waals surface area contributed by atoms with Crippen LogP contribution in [0.2, 0.25) is 0 Å². The van der Waals surface area contributed by atoms with E-state index in [-0.39, 0.29) is 60.7 Å². The van der Waals surface area contributed by atoms with E-state index >= 15 is 0 Å². The van der Waals surface area contributed by atoms with Crippen LogP contribution in [0.5, 0.6) is 5.75 Å². The van der Waals surface area contributed by atoms with Gasteiger partial charge in [0.25, 0.3) is 5.91 Å².